The molecule has 3 rings (SSSR count). The summed E-state index contributed by atoms with van der Waals surface area (Å²) in [6, 6.07) is 11.9. The molecule has 1 aliphatic carbocycles. The number of nitrogens with zero attached hydrogens (tertiary/aromatic N) is 1. The van der Waals surface area contributed by atoms with Gasteiger partial charge in [-0.3, -0.25) is 0 Å². The summed E-state index contributed by atoms with van der Waals surface area (Å²) in [5, 5.41) is 13.3. The number of benzene rings is 1. The monoisotopic (exact) mass is 370 g/mol. The Morgan fingerprint density at radius 2 is 1.72 bits per heavy atom. The van der Waals surface area contributed by atoms with Gasteiger partial charge in [0.25, 0.3) is 0 Å². The van der Waals surface area contributed by atoms with Gasteiger partial charge in [0.1, 0.15) is 11.8 Å². The Labute approximate surface area is 150 Å². The molecule has 2 aromatic rings. The number of pyridine rings is 1. The maximum absolute atomic E-state index is 12.7. The summed E-state index contributed by atoms with van der Waals surface area (Å²) >= 11 is 3.53. The van der Waals surface area contributed by atoms with E-state index in [-0.39, 0.29) is 18.3 Å². The predicted octanol–water partition coefficient (Wildman–Crippen LogP) is 3.44. The van der Waals surface area contributed by atoms with Gasteiger partial charge in [-0.05, 0) is 42.4 Å². The molecule has 136 valence electrons. The van der Waals surface area contributed by atoms with E-state index < -0.39 is 18.0 Å². The summed E-state index contributed by atoms with van der Waals surface area (Å²) in [5.74, 6) is 0. The number of hydrogen-bond donors (Lipinski definition) is 3. The first-order chi connectivity index (χ1) is 11.9. The van der Waals surface area contributed by atoms with Crippen LogP contribution in [0, 0.1) is 0 Å². The highest BCUT2D eigenvalue weighted by atomic mass is 32.1. The van der Waals surface area contributed by atoms with E-state index in [1.807, 2.05) is 12.1 Å². The number of aliphatic hydroxyl groups is 1. The van der Waals surface area contributed by atoms with Gasteiger partial charge < -0.3 is 10.4 Å². The smallest absolute Gasteiger partial charge is 0.385 e. The number of aromatic nitrogens is 1. The lowest BCUT2D eigenvalue weighted by Gasteiger charge is -2.17. The lowest BCUT2D eigenvalue weighted by atomic mass is 10.1. The highest BCUT2D eigenvalue weighted by Gasteiger charge is 2.33. The normalized spacial score (nSPS) is 15.3. The minimum Gasteiger partial charge on any atom is -0.385 e. The fourth-order valence-electron chi connectivity index (χ4n) is 2.88. The SMILES string of the molecule is CS.OC(CNC1Cc2ccccc2C1)c1cccc(C(F)(F)F)n1. The number of rotatable bonds is 4. The molecule has 3 nitrogen and oxygen atoms in total. The number of fused-ring (bicyclic) bond motifs is 1. The summed E-state index contributed by atoms with van der Waals surface area (Å²) in [5.41, 5.74) is 1.60. The quantitative estimate of drug-likeness (QED) is 0.723. The van der Waals surface area contributed by atoms with Crippen LogP contribution in [0.5, 0.6) is 0 Å². The molecule has 2 N–H and O–H groups in total. The molecule has 1 aromatic carbocycles. The number of hydrogen-bond acceptors (Lipinski definition) is 4. The molecule has 1 aromatic heterocycles. The third-order valence-electron chi connectivity index (χ3n) is 4.05. The highest BCUT2D eigenvalue weighted by Crippen LogP contribution is 2.28. The summed E-state index contributed by atoms with van der Waals surface area (Å²) < 4.78 is 38.0. The average molecular weight is 370 g/mol. The summed E-state index contributed by atoms with van der Waals surface area (Å²) in [6.45, 7) is 0.174. The topological polar surface area (TPSA) is 45.1 Å². The zero-order valence-electron chi connectivity index (χ0n) is 13.8. The molecule has 0 aliphatic heterocycles. The molecular formula is C18H21F3N2OS. The van der Waals surface area contributed by atoms with Crippen molar-refractivity contribution in [2.24, 2.45) is 0 Å². The Morgan fingerprint density at radius 3 is 2.28 bits per heavy atom. The minimum atomic E-state index is -4.50. The van der Waals surface area contributed by atoms with Crippen LogP contribution in [0.3, 0.4) is 0 Å². The van der Waals surface area contributed by atoms with Crippen molar-refractivity contribution in [2.75, 3.05) is 12.8 Å². The van der Waals surface area contributed by atoms with Crippen LogP contribution in [0.15, 0.2) is 42.5 Å². The van der Waals surface area contributed by atoms with Gasteiger partial charge in [-0.15, -0.1) is 0 Å². The van der Waals surface area contributed by atoms with Crippen LogP contribution >= 0.6 is 12.6 Å². The van der Waals surface area contributed by atoms with E-state index in [1.165, 1.54) is 23.3 Å². The fourth-order valence-corrected chi connectivity index (χ4v) is 2.88. The fraction of sp³-hybridized carbons (Fsp3) is 0.389. The van der Waals surface area contributed by atoms with Crippen molar-refractivity contribution < 1.29 is 18.3 Å². The van der Waals surface area contributed by atoms with Crippen LogP contribution in [0.4, 0.5) is 13.2 Å². The van der Waals surface area contributed by atoms with E-state index in [2.05, 4.69) is 35.1 Å². The largest absolute Gasteiger partial charge is 0.433 e. The van der Waals surface area contributed by atoms with E-state index in [1.54, 1.807) is 6.26 Å². The van der Waals surface area contributed by atoms with Crippen molar-refractivity contribution in [3.8, 4) is 0 Å². The number of nitrogens with one attached hydrogen (secondary N) is 1. The Balaban J connectivity index is 0.00000109. The van der Waals surface area contributed by atoms with Crippen molar-refractivity contribution in [2.45, 2.75) is 31.2 Å². The molecular weight excluding hydrogens is 349 g/mol. The molecule has 7 heteroatoms. The van der Waals surface area contributed by atoms with Crippen LogP contribution < -0.4 is 5.32 Å². The van der Waals surface area contributed by atoms with Gasteiger partial charge in [0.2, 0.25) is 0 Å². The van der Waals surface area contributed by atoms with E-state index in [0.29, 0.717) is 0 Å². The van der Waals surface area contributed by atoms with Crippen molar-refractivity contribution in [1.82, 2.24) is 10.3 Å². The summed E-state index contributed by atoms with van der Waals surface area (Å²) in [7, 11) is 0. The molecule has 1 unspecified atom stereocenters. The zero-order chi connectivity index (χ0) is 18.4. The van der Waals surface area contributed by atoms with Crippen molar-refractivity contribution in [1.29, 1.82) is 0 Å². The van der Waals surface area contributed by atoms with Crippen LogP contribution in [-0.4, -0.2) is 28.9 Å². The number of alkyl halides is 3. The predicted molar refractivity (Wildman–Crippen MR) is 94.7 cm³/mol. The van der Waals surface area contributed by atoms with Crippen molar-refractivity contribution >= 4 is 12.6 Å². The van der Waals surface area contributed by atoms with Crippen LogP contribution in [0.1, 0.15) is 28.6 Å². The lowest BCUT2D eigenvalue weighted by Crippen LogP contribution is -2.33. The molecule has 0 amide bonds. The molecule has 0 bridgehead atoms. The Morgan fingerprint density at radius 1 is 1.12 bits per heavy atom. The lowest BCUT2D eigenvalue weighted by molar-refractivity contribution is -0.141. The number of thiol groups is 1. The Hall–Kier alpha value is -1.57. The second-order valence-electron chi connectivity index (χ2n) is 5.74. The molecule has 0 radical (unpaired) electrons. The van der Waals surface area contributed by atoms with Gasteiger partial charge in [-0.25, -0.2) is 4.98 Å². The van der Waals surface area contributed by atoms with Crippen molar-refractivity contribution in [3.05, 3.63) is 65.0 Å². The molecule has 25 heavy (non-hydrogen) atoms. The first-order valence-electron chi connectivity index (χ1n) is 7.90. The molecule has 1 heterocycles. The zero-order valence-corrected chi connectivity index (χ0v) is 14.7. The number of halogens is 3. The van der Waals surface area contributed by atoms with Gasteiger partial charge in [0.15, 0.2) is 0 Å². The summed E-state index contributed by atoms with van der Waals surface area (Å²) in [6.07, 6.45) is -2.16. The standard InChI is InChI=1S/C17H17F3N2O.CH4S/c18-17(19,20)16-7-3-6-14(22-16)15(23)10-21-13-8-11-4-1-2-5-12(11)9-13;1-2/h1-7,13,15,21,23H,8-10H2;2H,1H3. The minimum absolute atomic E-state index is 0.0304. The van der Waals surface area contributed by atoms with Gasteiger partial charge in [0.05, 0.1) is 5.69 Å². The Bertz CT molecular complexity index is 669. The highest BCUT2D eigenvalue weighted by molar-refractivity contribution is 7.79. The van der Waals surface area contributed by atoms with Crippen LogP contribution in [0.2, 0.25) is 0 Å². The third kappa shape index (κ3) is 5.20. The van der Waals surface area contributed by atoms with E-state index in [9.17, 15) is 18.3 Å². The second-order valence-corrected chi connectivity index (χ2v) is 5.74. The van der Waals surface area contributed by atoms with Crippen molar-refractivity contribution in [3.63, 3.8) is 0 Å². The third-order valence-corrected chi connectivity index (χ3v) is 4.05. The average Bonchev–Trinajstić information content (AvgIpc) is 3.04. The van der Waals surface area contributed by atoms with E-state index in [0.717, 1.165) is 18.9 Å². The molecule has 1 atom stereocenters. The van der Waals surface area contributed by atoms with Gasteiger partial charge in [-0.1, -0.05) is 30.3 Å². The summed E-state index contributed by atoms with van der Waals surface area (Å²) in [4.78, 5) is 3.51. The number of aliphatic hydroxyl groups excluding tert-OH is 1. The maximum Gasteiger partial charge on any atom is 0.433 e. The molecule has 1 aliphatic rings. The van der Waals surface area contributed by atoms with Crippen LogP contribution in [-0.2, 0) is 19.0 Å². The first kappa shape index (κ1) is 19.8. The second kappa shape index (κ2) is 8.69. The maximum atomic E-state index is 12.7. The molecule has 0 fully saturated rings. The molecule has 0 spiro atoms. The molecule has 0 saturated carbocycles. The molecule has 0 saturated heterocycles. The first-order valence-corrected chi connectivity index (χ1v) is 8.80. The van der Waals surface area contributed by atoms with Gasteiger partial charge in [0, 0.05) is 12.6 Å². The van der Waals surface area contributed by atoms with Crippen LogP contribution in [0.25, 0.3) is 0 Å². The van der Waals surface area contributed by atoms with Gasteiger partial charge >= 0.3 is 6.18 Å². The Kier molecular flexibility index (Phi) is 6.87. The van der Waals surface area contributed by atoms with E-state index in [4.69, 9.17) is 0 Å². The van der Waals surface area contributed by atoms with E-state index >= 15 is 0 Å². The van der Waals surface area contributed by atoms with Gasteiger partial charge in [-0.2, -0.15) is 25.8 Å².